The second-order valence-electron chi connectivity index (χ2n) is 17.9. The molecule has 0 bridgehead atoms. The van der Waals surface area contributed by atoms with Gasteiger partial charge in [-0.15, -0.1) is 0 Å². The summed E-state index contributed by atoms with van der Waals surface area (Å²) < 4.78 is 30.0. The van der Waals surface area contributed by atoms with E-state index in [-0.39, 0.29) is 32.2 Å². The summed E-state index contributed by atoms with van der Waals surface area (Å²) in [7, 11) is -6.93. The van der Waals surface area contributed by atoms with Crippen LogP contribution in [-0.4, -0.2) is 75.3 Å². The summed E-state index contributed by atoms with van der Waals surface area (Å²) in [6.45, 7) is 33.7. The Morgan fingerprint density at radius 1 is 0.857 bits per heavy atom. The maximum absolute atomic E-state index is 13.3. The summed E-state index contributed by atoms with van der Waals surface area (Å²) in [5.41, 5.74) is 0.378. The van der Waals surface area contributed by atoms with Crippen molar-refractivity contribution >= 4 is 48.0 Å². The van der Waals surface area contributed by atoms with E-state index in [0.717, 1.165) is 0 Å². The molecule has 49 heavy (non-hydrogen) atoms. The highest BCUT2D eigenvalue weighted by molar-refractivity contribution is 6.75. The van der Waals surface area contributed by atoms with Crippen molar-refractivity contribution in [1.82, 2.24) is 19.5 Å². The van der Waals surface area contributed by atoms with Crippen molar-refractivity contribution in [2.24, 2.45) is 0 Å². The molecule has 4 atom stereocenters. The molecule has 1 aliphatic heterocycles. The molecule has 1 saturated heterocycles. The molecule has 11 nitrogen and oxygen atoms in total. The fourth-order valence-corrected chi connectivity index (χ4v) is 8.43. The van der Waals surface area contributed by atoms with Gasteiger partial charge in [0, 0.05) is 5.56 Å². The van der Waals surface area contributed by atoms with Crippen LogP contribution in [0.3, 0.4) is 0 Å². The smallest absolute Gasteiger partial charge is 0.280 e. The summed E-state index contributed by atoms with van der Waals surface area (Å²) in [5, 5.41) is 2.57. The van der Waals surface area contributed by atoms with Crippen LogP contribution in [0, 0.1) is 0 Å². The van der Waals surface area contributed by atoms with E-state index in [4.69, 9.17) is 23.0 Å². The number of H-pyrrole nitrogens is 1. The SMILES string of the molecule is CC(C)(C)[Si](C)(C)OC[C@H]1O[C@@H](n2cnc3c(=O)[nH]c(NC(=O)c4ccccc4)nc32)[C@H](O[Si](C)(C)C(C)(C)C)[C@@H]1O[Si](C)(C)C(C)(C)C. The van der Waals surface area contributed by atoms with Crippen molar-refractivity contribution in [1.29, 1.82) is 0 Å². The van der Waals surface area contributed by atoms with E-state index in [1.165, 1.54) is 0 Å². The average molecular weight is 730 g/mol. The number of fused-ring (bicyclic) bond motifs is 1. The number of hydrogen-bond donors (Lipinski definition) is 2. The summed E-state index contributed by atoms with van der Waals surface area (Å²) >= 11 is 0. The van der Waals surface area contributed by atoms with Gasteiger partial charge in [-0.2, -0.15) is 4.98 Å². The molecule has 0 radical (unpaired) electrons. The van der Waals surface area contributed by atoms with Crippen molar-refractivity contribution < 1.29 is 22.8 Å². The van der Waals surface area contributed by atoms with Gasteiger partial charge in [-0.1, -0.05) is 80.5 Å². The molecule has 0 unspecified atom stereocenters. The normalized spacial score (nSPS) is 21.4. The first-order valence-corrected chi connectivity index (χ1v) is 26.0. The van der Waals surface area contributed by atoms with Gasteiger partial charge in [0.05, 0.1) is 12.9 Å². The first-order chi connectivity index (χ1) is 22.3. The predicted molar refractivity (Wildman–Crippen MR) is 204 cm³/mol. The van der Waals surface area contributed by atoms with Gasteiger partial charge < -0.3 is 18.0 Å². The van der Waals surface area contributed by atoms with Gasteiger partial charge in [0.25, 0.3) is 11.5 Å². The van der Waals surface area contributed by atoms with Crippen LogP contribution < -0.4 is 10.9 Å². The predicted octanol–water partition coefficient (Wildman–Crippen LogP) is 8.07. The molecule has 1 aromatic carbocycles. The molecular weight excluding hydrogens is 671 g/mol. The number of amides is 1. The van der Waals surface area contributed by atoms with Crippen LogP contribution in [0.25, 0.3) is 11.2 Å². The Morgan fingerprint density at radius 2 is 1.39 bits per heavy atom. The Kier molecular flexibility index (Phi) is 10.9. The minimum absolute atomic E-state index is 0.00388. The zero-order chi connectivity index (χ0) is 37.0. The number of nitrogens with one attached hydrogen (secondary N) is 2. The Bertz CT molecular complexity index is 1690. The highest BCUT2D eigenvalue weighted by Crippen LogP contribution is 2.47. The quantitative estimate of drug-likeness (QED) is 0.201. The number of hydrogen-bond acceptors (Lipinski definition) is 8. The number of aromatic nitrogens is 4. The number of imidazole rings is 1. The highest BCUT2D eigenvalue weighted by atomic mass is 28.4. The second kappa shape index (κ2) is 13.6. The van der Waals surface area contributed by atoms with Gasteiger partial charge in [-0.3, -0.25) is 24.5 Å². The van der Waals surface area contributed by atoms with Gasteiger partial charge >= 0.3 is 0 Å². The molecule has 3 aromatic rings. The lowest BCUT2D eigenvalue weighted by Crippen LogP contribution is -2.54. The summed E-state index contributed by atoms with van der Waals surface area (Å²) in [6, 6.07) is 8.77. The Balaban J connectivity index is 1.85. The number of benzene rings is 1. The van der Waals surface area contributed by atoms with Crippen LogP contribution in [0.5, 0.6) is 0 Å². The molecule has 1 fully saturated rings. The van der Waals surface area contributed by atoms with Gasteiger partial charge in [0.2, 0.25) is 5.95 Å². The van der Waals surface area contributed by atoms with Crippen molar-refractivity contribution in [3.8, 4) is 0 Å². The lowest BCUT2D eigenvalue weighted by molar-refractivity contribution is -0.0470. The molecule has 1 aliphatic rings. The van der Waals surface area contributed by atoms with Gasteiger partial charge in [-0.05, 0) is 66.5 Å². The number of ether oxygens (including phenoxy) is 1. The summed E-state index contributed by atoms with van der Waals surface area (Å²) in [4.78, 5) is 38.1. The summed E-state index contributed by atoms with van der Waals surface area (Å²) in [5.74, 6) is -0.379. The Hall–Kier alpha value is -2.47. The van der Waals surface area contributed by atoms with Gasteiger partial charge in [-0.25, -0.2) is 4.98 Å². The highest BCUT2D eigenvalue weighted by Gasteiger charge is 2.55. The Labute approximate surface area is 295 Å². The first-order valence-electron chi connectivity index (χ1n) is 17.2. The standard InChI is InChI=1S/C35H59N5O6Si3/c1-33(2,3)47(10,11)43-21-24-26(45-48(12,13)34(4,5)6)27(46-49(14,15)35(7,8)9)31(44-24)40-22-36-25-28(40)37-32(39-30(25)42)38-29(41)23-19-17-16-18-20-23/h16-20,22,24,26-27,31H,21H2,1-15H3,(H2,37,38,39,41,42)/t24-,26-,27-,31-/m1/s1. The largest absolute Gasteiger partial charge is 0.414 e. The van der Waals surface area contributed by atoms with E-state index >= 15 is 0 Å². The van der Waals surface area contributed by atoms with E-state index in [0.29, 0.717) is 12.2 Å². The average Bonchev–Trinajstić information content (AvgIpc) is 3.51. The second-order valence-corrected chi connectivity index (χ2v) is 32.2. The molecular formula is C35H59N5O6Si3. The number of aromatic amines is 1. The fourth-order valence-electron chi connectivity index (χ4n) is 4.82. The van der Waals surface area contributed by atoms with E-state index in [1.807, 2.05) is 6.07 Å². The molecule has 0 spiro atoms. The monoisotopic (exact) mass is 729 g/mol. The van der Waals surface area contributed by atoms with Crippen molar-refractivity contribution in [3.05, 3.63) is 52.6 Å². The number of carbonyl (C=O) groups is 1. The lowest BCUT2D eigenvalue weighted by atomic mass is 10.1. The van der Waals surface area contributed by atoms with Gasteiger partial charge in [0.15, 0.2) is 42.3 Å². The zero-order valence-electron chi connectivity index (χ0n) is 32.3. The summed E-state index contributed by atoms with van der Waals surface area (Å²) in [6.07, 6.45) is -0.623. The minimum Gasteiger partial charge on any atom is -0.414 e. The molecule has 14 heteroatoms. The molecule has 0 saturated carbocycles. The van der Waals surface area contributed by atoms with Crippen molar-refractivity contribution in [2.45, 2.75) is 141 Å². The molecule has 4 rings (SSSR count). The van der Waals surface area contributed by atoms with Crippen LogP contribution >= 0.6 is 0 Å². The van der Waals surface area contributed by atoms with E-state index in [1.54, 1.807) is 35.2 Å². The zero-order valence-corrected chi connectivity index (χ0v) is 35.3. The molecule has 3 heterocycles. The molecule has 2 aromatic heterocycles. The Morgan fingerprint density at radius 3 is 1.92 bits per heavy atom. The lowest BCUT2D eigenvalue weighted by Gasteiger charge is -2.44. The van der Waals surface area contributed by atoms with E-state index < -0.39 is 61.0 Å². The van der Waals surface area contributed by atoms with Crippen LogP contribution in [0.15, 0.2) is 41.5 Å². The number of rotatable bonds is 10. The van der Waals surface area contributed by atoms with Crippen LogP contribution in [0.4, 0.5) is 5.95 Å². The maximum atomic E-state index is 13.3. The van der Waals surface area contributed by atoms with E-state index in [2.05, 4.69) is 117 Å². The molecule has 1 amide bonds. The number of anilines is 1. The number of nitrogens with zero attached hydrogens (tertiary/aromatic N) is 3. The van der Waals surface area contributed by atoms with E-state index in [9.17, 15) is 9.59 Å². The third-order valence-corrected chi connectivity index (χ3v) is 24.6. The number of carbonyl (C=O) groups excluding carboxylic acids is 1. The molecule has 2 N–H and O–H groups in total. The molecule has 272 valence electrons. The third-order valence-electron chi connectivity index (χ3n) is 11.1. The van der Waals surface area contributed by atoms with Gasteiger partial charge in [0.1, 0.15) is 18.3 Å². The fraction of sp³-hybridized carbons (Fsp3) is 0.657. The van der Waals surface area contributed by atoms with Crippen LogP contribution in [-0.2, 0) is 18.0 Å². The third kappa shape index (κ3) is 8.37. The van der Waals surface area contributed by atoms with Crippen LogP contribution in [0.2, 0.25) is 54.4 Å². The van der Waals surface area contributed by atoms with Crippen molar-refractivity contribution in [3.63, 3.8) is 0 Å². The first kappa shape index (κ1) is 39.3. The minimum atomic E-state index is -2.41. The topological polar surface area (TPSA) is 130 Å². The molecule has 0 aliphatic carbocycles. The van der Waals surface area contributed by atoms with Crippen LogP contribution in [0.1, 0.15) is 78.9 Å². The maximum Gasteiger partial charge on any atom is 0.280 e. The van der Waals surface area contributed by atoms with Crippen molar-refractivity contribution in [2.75, 3.05) is 11.9 Å².